The number of nitrogen functional groups attached to an aromatic ring is 1. The SMILES string of the molecule is CCOC(=O)c1oc2cc(C)ncc2c1N. The van der Waals surface area contributed by atoms with Crippen LogP contribution < -0.4 is 5.73 Å². The zero-order valence-electron chi connectivity index (χ0n) is 9.11. The van der Waals surface area contributed by atoms with Gasteiger partial charge < -0.3 is 14.9 Å². The van der Waals surface area contributed by atoms with Gasteiger partial charge in [-0.1, -0.05) is 0 Å². The molecule has 0 saturated carbocycles. The van der Waals surface area contributed by atoms with Gasteiger partial charge in [0.2, 0.25) is 5.76 Å². The van der Waals surface area contributed by atoms with E-state index < -0.39 is 5.97 Å². The summed E-state index contributed by atoms with van der Waals surface area (Å²) in [5.74, 6) is -0.502. The van der Waals surface area contributed by atoms with Gasteiger partial charge >= 0.3 is 5.97 Å². The van der Waals surface area contributed by atoms with Crippen LogP contribution in [-0.4, -0.2) is 17.6 Å². The number of nitrogens with two attached hydrogens (primary N) is 1. The maximum Gasteiger partial charge on any atom is 0.376 e. The molecule has 0 aliphatic carbocycles. The van der Waals surface area contributed by atoms with Crippen molar-refractivity contribution in [1.82, 2.24) is 4.98 Å². The summed E-state index contributed by atoms with van der Waals surface area (Å²) in [6.07, 6.45) is 1.59. The lowest BCUT2D eigenvalue weighted by atomic mass is 10.2. The van der Waals surface area contributed by atoms with Crippen LogP contribution in [0.2, 0.25) is 0 Å². The summed E-state index contributed by atoms with van der Waals surface area (Å²) < 4.78 is 10.2. The minimum atomic E-state index is -0.547. The topological polar surface area (TPSA) is 78.3 Å². The Balaban J connectivity index is 2.55. The number of esters is 1. The van der Waals surface area contributed by atoms with Crippen LogP contribution in [-0.2, 0) is 4.74 Å². The highest BCUT2D eigenvalue weighted by molar-refractivity contribution is 6.02. The Kier molecular flexibility index (Phi) is 2.52. The van der Waals surface area contributed by atoms with Gasteiger partial charge in [-0.05, 0) is 13.8 Å². The third-order valence-electron chi connectivity index (χ3n) is 2.21. The molecule has 2 aromatic heterocycles. The van der Waals surface area contributed by atoms with Crippen molar-refractivity contribution in [3.05, 3.63) is 23.7 Å². The number of aryl methyl sites for hydroxylation is 1. The number of fused-ring (bicyclic) bond motifs is 1. The standard InChI is InChI=1S/C11H12N2O3/c1-3-15-11(14)10-9(12)7-5-13-6(2)4-8(7)16-10/h4-5H,3,12H2,1-2H3. The normalized spacial score (nSPS) is 10.6. The van der Waals surface area contributed by atoms with Crippen molar-refractivity contribution in [3.63, 3.8) is 0 Å². The van der Waals surface area contributed by atoms with E-state index in [2.05, 4.69) is 4.98 Å². The third-order valence-corrected chi connectivity index (χ3v) is 2.21. The van der Waals surface area contributed by atoms with E-state index in [1.165, 1.54) is 0 Å². The second-order valence-electron chi connectivity index (χ2n) is 3.39. The lowest BCUT2D eigenvalue weighted by Crippen LogP contribution is -2.05. The average Bonchev–Trinajstić information content (AvgIpc) is 2.56. The van der Waals surface area contributed by atoms with Crippen LogP contribution >= 0.6 is 0 Å². The molecule has 0 atom stereocenters. The summed E-state index contributed by atoms with van der Waals surface area (Å²) in [7, 11) is 0. The molecule has 84 valence electrons. The molecule has 0 spiro atoms. The van der Waals surface area contributed by atoms with E-state index in [0.717, 1.165) is 5.69 Å². The second kappa shape index (κ2) is 3.84. The number of anilines is 1. The predicted molar refractivity (Wildman–Crippen MR) is 59.1 cm³/mol. The predicted octanol–water partition coefficient (Wildman–Crippen LogP) is 1.90. The molecule has 2 rings (SSSR count). The van der Waals surface area contributed by atoms with Gasteiger partial charge in [-0.15, -0.1) is 0 Å². The Morgan fingerprint density at radius 1 is 1.62 bits per heavy atom. The van der Waals surface area contributed by atoms with E-state index in [0.29, 0.717) is 11.0 Å². The number of pyridine rings is 1. The molecule has 0 bridgehead atoms. The van der Waals surface area contributed by atoms with Crippen molar-refractivity contribution >= 4 is 22.6 Å². The summed E-state index contributed by atoms with van der Waals surface area (Å²) in [4.78, 5) is 15.6. The molecule has 0 aromatic carbocycles. The molecular weight excluding hydrogens is 208 g/mol. The number of aromatic nitrogens is 1. The minimum Gasteiger partial charge on any atom is -0.460 e. The largest absolute Gasteiger partial charge is 0.460 e. The van der Waals surface area contributed by atoms with Crippen molar-refractivity contribution in [1.29, 1.82) is 0 Å². The summed E-state index contributed by atoms with van der Waals surface area (Å²) >= 11 is 0. The first-order valence-corrected chi connectivity index (χ1v) is 4.95. The Morgan fingerprint density at radius 2 is 2.38 bits per heavy atom. The first-order valence-electron chi connectivity index (χ1n) is 4.95. The maximum atomic E-state index is 11.5. The maximum absolute atomic E-state index is 11.5. The Morgan fingerprint density at radius 3 is 3.06 bits per heavy atom. The van der Waals surface area contributed by atoms with Crippen LogP contribution in [0.15, 0.2) is 16.7 Å². The fraction of sp³-hybridized carbons (Fsp3) is 0.273. The van der Waals surface area contributed by atoms with Crippen LogP contribution in [0, 0.1) is 6.92 Å². The fourth-order valence-electron chi connectivity index (χ4n) is 1.46. The quantitative estimate of drug-likeness (QED) is 0.782. The van der Waals surface area contributed by atoms with Crippen molar-refractivity contribution < 1.29 is 13.9 Å². The lowest BCUT2D eigenvalue weighted by Gasteiger charge is -1.97. The monoisotopic (exact) mass is 220 g/mol. The Bertz CT molecular complexity index is 545. The van der Waals surface area contributed by atoms with Crippen LogP contribution in [0.3, 0.4) is 0 Å². The van der Waals surface area contributed by atoms with Crippen LogP contribution in [0.4, 0.5) is 5.69 Å². The molecule has 0 aliphatic rings. The highest BCUT2D eigenvalue weighted by Gasteiger charge is 2.19. The van der Waals surface area contributed by atoms with Crippen molar-refractivity contribution in [2.75, 3.05) is 12.3 Å². The molecule has 0 fully saturated rings. The molecular formula is C11H12N2O3. The zero-order chi connectivity index (χ0) is 11.7. The zero-order valence-corrected chi connectivity index (χ0v) is 9.11. The third kappa shape index (κ3) is 1.60. The van der Waals surface area contributed by atoms with Crippen molar-refractivity contribution in [2.24, 2.45) is 0 Å². The minimum absolute atomic E-state index is 0.0456. The van der Waals surface area contributed by atoms with Gasteiger partial charge in [0.15, 0.2) is 0 Å². The smallest absolute Gasteiger partial charge is 0.376 e. The molecule has 16 heavy (non-hydrogen) atoms. The first-order chi connectivity index (χ1) is 7.63. The number of furan rings is 1. The fourth-order valence-corrected chi connectivity index (χ4v) is 1.46. The molecule has 5 nitrogen and oxygen atoms in total. The van der Waals surface area contributed by atoms with Gasteiger partial charge in [-0.3, -0.25) is 4.98 Å². The highest BCUT2D eigenvalue weighted by Crippen LogP contribution is 2.28. The molecule has 2 aromatic rings. The Hall–Kier alpha value is -2.04. The first kappa shape index (κ1) is 10.5. The van der Waals surface area contributed by atoms with Crippen molar-refractivity contribution in [2.45, 2.75) is 13.8 Å². The van der Waals surface area contributed by atoms with Gasteiger partial charge in [0.25, 0.3) is 0 Å². The highest BCUT2D eigenvalue weighted by atomic mass is 16.5. The molecule has 0 unspecified atom stereocenters. The van der Waals surface area contributed by atoms with Gasteiger partial charge in [-0.25, -0.2) is 4.79 Å². The summed E-state index contributed by atoms with van der Waals surface area (Å²) in [5.41, 5.74) is 7.42. The summed E-state index contributed by atoms with van der Waals surface area (Å²) in [6, 6.07) is 1.73. The van der Waals surface area contributed by atoms with E-state index in [9.17, 15) is 4.79 Å². The van der Waals surface area contributed by atoms with E-state index in [1.807, 2.05) is 6.92 Å². The lowest BCUT2D eigenvalue weighted by molar-refractivity contribution is 0.0494. The van der Waals surface area contributed by atoms with Gasteiger partial charge in [-0.2, -0.15) is 0 Å². The Labute approximate surface area is 92.2 Å². The number of ether oxygens (including phenoxy) is 1. The average molecular weight is 220 g/mol. The van der Waals surface area contributed by atoms with Gasteiger partial charge in [0.1, 0.15) is 5.58 Å². The molecule has 0 radical (unpaired) electrons. The van der Waals surface area contributed by atoms with E-state index >= 15 is 0 Å². The second-order valence-corrected chi connectivity index (χ2v) is 3.39. The number of hydrogen-bond donors (Lipinski definition) is 1. The number of carbonyl (C=O) groups is 1. The molecule has 0 saturated heterocycles. The molecule has 0 aliphatic heterocycles. The van der Waals surface area contributed by atoms with Gasteiger partial charge in [0.05, 0.1) is 17.7 Å². The van der Waals surface area contributed by atoms with E-state index in [-0.39, 0.29) is 18.1 Å². The molecule has 2 N–H and O–H groups in total. The van der Waals surface area contributed by atoms with Crippen LogP contribution in [0.1, 0.15) is 23.2 Å². The van der Waals surface area contributed by atoms with Crippen LogP contribution in [0.5, 0.6) is 0 Å². The summed E-state index contributed by atoms with van der Waals surface area (Å²) in [5, 5.41) is 0.633. The molecule has 2 heterocycles. The number of carbonyl (C=O) groups excluding carboxylic acids is 1. The molecule has 0 amide bonds. The molecule has 5 heteroatoms. The van der Waals surface area contributed by atoms with Crippen molar-refractivity contribution in [3.8, 4) is 0 Å². The summed E-state index contributed by atoms with van der Waals surface area (Å²) in [6.45, 7) is 3.84. The van der Waals surface area contributed by atoms with E-state index in [4.69, 9.17) is 14.9 Å². The number of nitrogens with zero attached hydrogens (tertiary/aromatic N) is 1. The van der Waals surface area contributed by atoms with Crippen LogP contribution in [0.25, 0.3) is 11.0 Å². The number of hydrogen-bond acceptors (Lipinski definition) is 5. The van der Waals surface area contributed by atoms with Gasteiger partial charge in [0, 0.05) is 18.0 Å². The van der Waals surface area contributed by atoms with E-state index in [1.54, 1.807) is 19.2 Å². The number of rotatable bonds is 2.